The second-order valence-corrected chi connectivity index (χ2v) is 7.97. The number of imide groups is 1. The van der Waals surface area contributed by atoms with Gasteiger partial charge >= 0.3 is 0 Å². The lowest BCUT2D eigenvalue weighted by Gasteiger charge is -2.22. The van der Waals surface area contributed by atoms with Gasteiger partial charge in [0.2, 0.25) is 11.8 Å². The van der Waals surface area contributed by atoms with Crippen LogP contribution in [0.1, 0.15) is 61.0 Å². The van der Waals surface area contributed by atoms with Crippen molar-refractivity contribution in [3.63, 3.8) is 0 Å². The monoisotopic (exact) mass is 358 g/mol. The first-order chi connectivity index (χ1) is 12.1. The quantitative estimate of drug-likeness (QED) is 0.841. The van der Waals surface area contributed by atoms with E-state index < -0.39 is 11.8 Å². The minimum atomic E-state index is -0.462. The second-order valence-electron chi connectivity index (χ2n) is 7.97. The number of carbonyl (C=O) groups is 3. The molecule has 0 aliphatic carbocycles. The Hall–Kier alpha value is -2.37. The number of likely N-dealkylation sites (tertiary alicyclic amines) is 2. The summed E-state index contributed by atoms with van der Waals surface area (Å²) in [4.78, 5) is 40.1. The first-order valence-corrected chi connectivity index (χ1v) is 9.11. The van der Waals surface area contributed by atoms with Gasteiger partial charge in [0.1, 0.15) is 5.75 Å². The lowest BCUT2D eigenvalue weighted by atomic mass is 9.91. The van der Waals surface area contributed by atoms with Gasteiger partial charge < -0.3 is 10.0 Å². The molecule has 2 aliphatic heterocycles. The molecule has 6 nitrogen and oxygen atoms in total. The van der Waals surface area contributed by atoms with Crippen molar-refractivity contribution in [1.29, 1.82) is 0 Å². The van der Waals surface area contributed by atoms with E-state index in [-0.39, 0.29) is 54.0 Å². The third kappa shape index (κ3) is 2.77. The molecule has 2 atom stereocenters. The molecule has 0 aromatic heterocycles. The summed E-state index contributed by atoms with van der Waals surface area (Å²) in [6.45, 7) is 8.47. The fourth-order valence-corrected chi connectivity index (χ4v) is 3.86. The number of hydrogen-bond donors (Lipinski definition) is 1. The Morgan fingerprint density at radius 1 is 1.04 bits per heavy atom. The van der Waals surface area contributed by atoms with Crippen LogP contribution in [0.5, 0.6) is 5.75 Å². The van der Waals surface area contributed by atoms with E-state index in [2.05, 4.69) is 0 Å². The van der Waals surface area contributed by atoms with Gasteiger partial charge in [-0.1, -0.05) is 33.8 Å². The number of benzene rings is 1. The van der Waals surface area contributed by atoms with Gasteiger partial charge in [-0.05, 0) is 29.0 Å². The molecule has 0 saturated carbocycles. The Morgan fingerprint density at radius 3 is 2.04 bits per heavy atom. The molecule has 1 aromatic rings. The highest BCUT2D eigenvalue weighted by Crippen LogP contribution is 2.37. The van der Waals surface area contributed by atoms with Gasteiger partial charge in [0.15, 0.2) is 0 Å². The van der Waals surface area contributed by atoms with Crippen LogP contribution in [0.15, 0.2) is 12.1 Å². The van der Waals surface area contributed by atoms with Gasteiger partial charge in [-0.3, -0.25) is 19.3 Å². The molecule has 2 fully saturated rings. The summed E-state index contributed by atoms with van der Waals surface area (Å²) in [6, 6.07) is 3.68. The zero-order valence-electron chi connectivity index (χ0n) is 15.9. The van der Waals surface area contributed by atoms with Gasteiger partial charge in [-0.2, -0.15) is 0 Å². The molecule has 1 aromatic carbocycles. The summed E-state index contributed by atoms with van der Waals surface area (Å²) in [6.07, 6.45) is 0. The minimum Gasteiger partial charge on any atom is -0.507 e. The summed E-state index contributed by atoms with van der Waals surface area (Å²) in [5.41, 5.74) is 1.99. The van der Waals surface area contributed by atoms with Gasteiger partial charge in [-0.25, -0.2) is 0 Å². The number of fused-ring (bicyclic) bond motifs is 1. The third-order valence-electron chi connectivity index (χ3n) is 5.58. The summed E-state index contributed by atoms with van der Waals surface area (Å²) < 4.78 is 0. The van der Waals surface area contributed by atoms with Gasteiger partial charge in [0.05, 0.1) is 17.4 Å². The number of aromatic hydroxyl groups is 1. The van der Waals surface area contributed by atoms with Crippen LogP contribution in [0.4, 0.5) is 0 Å². The highest BCUT2D eigenvalue weighted by molar-refractivity contribution is 6.07. The topological polar surface area (TPSA) is 77.9 Å². The van der Waals surface area contributed by atoms with Gasteiger partial charge in [-0.15, -0.1) is 0 Å². The predicted octanol–water partition coefficient (Wildman–Crippen LogP) is 2.33. The summed E-state index contributed by atoms with van der Waals surface area (Å²) in [5, 5.41) is 10.7. The van der Waals surface area contributed by atoms with E-state index in [1.807, 2.05) is 33.8 Å². The average Bonchev–Trinajstić information content (AvgIpc) is 3.10. The molecular formula is C20H26N2O4. The Labute approximate surface area is 153 Å². The fourth-order valence-electron chi connectivity index (χ4n) is 3.86. The van der Waals surface area contributed by atoms with Crippen LogP contribution in [0.25, 0.3) is 0 Å². The maximum absolute atomic E-state index is 13.1. The highest BCUT2D eigenvalue weighted by Gasteiger charge is 2.52. The first-order valence-electron chi connectivity index (χ1n) is 9.11. The molecule has 0 spiro atoms. The summed E-state index contributed by atoms with van der Waals surface area (Å²) in [5.74, 6) is -1.39. The Balaban J connectivity index is 1.94. The number of phenols is 1. The van der Waals surface area contributed by atoms with Crippen LogP contribution >= 0.6 is 0 Å². The molecule has 2 heterocycles. The van der Waals surface area contributed by atoms with Crippen molar-refractivity contribution >= 4 is 17.7 Å². The molecule has 3 rings (SSSR count). The zero-order valence-corrected chi connectivity index (χ0v) is 15.9. The Bertz CT molecular complexity index is 760. The first kappa shape index (κ1) is 18.4. The normalized spacial score (nSPS) is 22.7. The number of phenolic OH excluding ortho intramolecular Hbond substituents is 1. The van der Waals surface area contributed by atoms with E-state index >= 15 is 0 Å². The van der Waals surface area contributed by atoms with Crippen molar-refractivity contribution in [2.24, 2.45) is 11.8 Å². The second kappa shape index (κ2) is 6.41. The molecule has 1 N–H and O–H groups in total. The van der Waals surface area contributed by atoms with E-state index in [9.17, 15) is 19.5 Å². The molecular weight excluding hydrogens is 332 g/mol. The Kier molecular flexibility index (Phi) is 4.54. The molecule has 0 bridgehead atoms. The van der Waals surface area contributed by atoms with Crippen LogP contribution in [0, 0.1) is 11.8 Å². The molecule has 26 heavy (non-hydrogen) atoms. The standard InChI is InChI=1S/C20H26N2O4/c1-10(2)12-6-13(11(3)4)17(23)14(7-12)20(26)22-8-15-16(9-22)19(25)21(5)18(15)24/h6-7,10-11,15-16,23H,8-9H2,1-5H3/t15-,16+. The lowest BCUT2D eigenvalue weighted by molar-refractivity contribution is -0.138. The molecule has 3 amide bonds. The van der Waals surface area contributed by atoms with Crippen molar-refractivity contribution in [3.05, 3.63) is 28.8 Å². The number of carbonyl (C=O) groups excluding carboxylic acids is 3. The third-order valence-corrected chi connectivity index (χ3v) is 5.58. The van der Waals surface area contributed by atoms with E-state index in [1.165, 1.54) is 11.9 Å². The predicted molar refractivity (Wildman–Crippen MR) is 96.9 cm³/mol. The molecule has 140 valence electrons. The average molecular weight is 358 g/mol. The van der Waals surface area contributed by atoms with Crippen LogP contribution in [0.3, 0.4) is 0 Å². The molecule has 6 heteroatoms. The molecule has 2 aliphatic rings. The van der Waals surface area contributed by atoms with Gasteiger partial charge in [0.25, 0.3) is 5.91 Å². The summed E-state index contributed by atoms with van der Waals surface area (Å²) in [7, 11) is 1.49. The van der Waals surface area contributed by atoms with E-state index in [0.29, 0.717) is 0 Å². The van der Waals surface area contributed by atoms with Crippen LogP contribution in [-0.2, 0) is 9.59 Å². The number of hydrogen-bond acceptors (Lipinski definition) is 4. The molecule has 0 radical (unpaired) electrons. The van der Waals surface area contributed by atoms with Crippen LogP contribution in [-0.4, -0.2) is 52.8 Å². The summed E-state index contributed by atoms with van der Waals surface area (Å²) >= 11 is 0. The largest absolute Gasteiger partial charge is 0.507 e. The maximum Gasteiger partial charge on any atom is 0.257 e. The fraction of sp³-hybridized carbons (Fsp3) is 0.550. The van der Waals surface area contributed by atoms with Crippen molar-refractivity contribution in [2.75, 3.05) is 20.1 Å². The number of amides is 3. The van der Waals surface area contributed by atoms with Crippen molar-refractivity contribution in [2.45, 2.75) is 39.5 Å². The lowest BCUT2D eigenvalue weighted by Crippen LogP contribution is -2.36. The minimum absolute atomic E-state index is 0.00114. The van der Waals surface area contributed by atoms with Crippen molar-refractivity contribution in [1.82, 2.24) is 9.80 Å². The Morgan fingerprint density at radius 2 is 1.58 bits per heavy atom. The van der Waals surface area contributed by atoms with E-state index in [0.717, 1.165) is 16.0 Å². The van der Waals surface area contributed by atoms with Crippen molar-refractivity contribution < 1.29 is 19.5 Å². The SMILES string of the molecule is CC(C)c1cc(C(=O)N2C[C@@H]3C(=O)N(C)C(=O)[C@@H]3C2)c(O)c(C(C)C)c1. The van der Waals surface area contributed by atoms with Gasteiger partial charge in [0, 0.05) is 20.1 Å². The maximum atomic E-state index is 13.1. The zero-order chi connectivity index (χ0) is 19.3. The number of rotatable bonds is 3. The van der Waals surface area contributed by atoms with E-state index in [4.69, 9.17) is 0 Å². The smallest absolute Gasteiger partial charge is 0.257 e. The van der Waals surface area contributed by atoms with Crippen molar-refractivity contribution in [3.8, 4) is 5.75 Å². The van der Waals surface area contributed by atoms with Crippen LogP contribution in [0.2, 0.25) is 0 Å². The van der Waals surface area contributed by atoms with Crippen LogP contribution < -0.4 is 0 Å². The number of nitrogens with zero attached hydrogens (tertiary/aromatic N) is 2. The molecule has 0 unspecified atom stereocenters. The van der Waals surface area contributed by atoms with E-state index in [1.54, 1.807) is 6.07 Å². The highest BCUT2D eigenvalue weighted by atomic mass is 16.3. The molecule has 2 saturated heterocycles.